The first-order valence-corrected chi connectivity index (χ1v) is 6.04. The molecule has 0 saturated carbocycles. The number of aliphatic carboxylic acids is 1. The van der Waals surface area contributed by atoms with Crippen LogP contribution in [-0.4, -0.2) is 35.0 Å². The van der Waals surface area contributed by atoms with Crippen LogP contribution in [0.1, 0.15) is 5.56 Å². The van der Waals surface area contributed by atoms with E-state index in [1.165, 1.54) is 4.90 Å². The fourth-order valence-corrected chi connectivity index (χ4v) is 2.00. The van der Waals surface area contributed by atoms with Crippen LogP contribution in [0.5, 0.6) is 0 Å². The highest BCUT2D eigenvalue weighted by Crippen LogP contribution is 2.19. The van der Waals surface area contributed by atoms with Gasteiger partial charge in [0.05, 0.1) is 18.2 Å². The molecule has 6 heteroatoms. The summed E-state index contributed by atoms with van der Waals surface area (Å²) in [5.74, 6) is -1.42. The van der Waals surface area contributed by atoms with Crippen molar-refractivity contribution in [3.05, 3.63) is 47.2 Å². The van der Waals surface area contributed by atoms with E-state index in [4.69, 9.17) is 10.4 Å². The number of nitrogens with zero attached hydrogens (tertiary/aromatic N) is 2. The van der Waals surface area contributed by atoms with Gasteiger partial charge in [-0.3, -0.25) is 9.59 Å². The number of carbonyl (C=O) groups is 2. The van der Waals surface area contributed by atoms with Gasteiger partial charge in [-0.1, -0.05) is 30.3 Å². The molecule has 0 spiro atoms. The Labute approximate surface area is 115 Å². The Morgan fingerprint density at radius 1 is 1.40 bits per heavy atom. The van der Waals surface area contributed by atoms with Crippen LogP contribution in [0.25, 0.3) is 0 Å². The highest BCUT2D eigenvalue weighted by molar-refractivity contribution is 5.97. The molecule has 1 heterocycles. The molecule has 20 heavy (non-hydrogen) atoms. The number of nitrogens with one attached hydrogen (secondary N) is 1. The number of hydrogen-bond donors (Lipinski definition) is 2. The minimum atomic E-state index is -1.08. The van der Waals surface area contributed by atoms with E-state index in [0.717, 1.165) is 5.56 Å². The number of benzene rings is 1. The zero-order valence-corrected chi connectivity index (χ0v) is 10.7. The van der Waals surface area contributed by atoms with Crippen LogP contribution in [0.3, 0.4) is 0 Å². The number of rotatable bonds is 5. The third-order valence-corrected chi connectivity index (χ3v) is 2.92. The first kappa shape index (κ1) is 13.6. The third kappa shape index (κ3) is 2.95. The van der Waals surface area contributed by atoms with Crippen molar-refractivity contribution in [1.82, 2.24) is 10.2 Å². The Balaban J connectivity index is 2.09. The summed E-state index contributed by atoms with van der Waals surface area (Å²) in [6.45, 7) is 0.209. The normalized spacial score (nSPS) is 14.3. The zero-order valence-electron chi connectivity index (χ0n) is 10.7. The van der Waals surface area contributed by atoms with E-state index < -0.39 is 5.97 Å². The second kappa shape index (κ2) is 5.89. The first-order chi connectivity index (χ1) is 9.61. The van der Waals surface area contributed by atoms with E-state index >= 15 is 0 Å². The van der Waals surface area contributed by atoms with Gasteiger partial charge in [0.15, 0.2) is 0 Å². The molecule has 0 atom stereocenters. The van der Waals surface area contributed by atoms with Gasteiger partial charge in [0.1, 0.15) is 12.2 Å². The van der Waals surface area contributed by atoms with Gasteiger partial charge >= 0.3 is 5.97 Å². The topological polar surface area (TPSA) is 93.4 Å². The molecular formula is C14H13N3O3. The van der Waals surface area contributed by atoms with Gasteiger partial charge in [0, 0.05) is 6.54 Å². The molecule has 0 aliphatic carbocycles. The maximum Gasteiger partial charge on any atom is 0.322 e. The lowest BCUT2D eigenvalue weighted by molar-refractivity contribution is -0.135. The lowest BCUT2D eigenvalue weighted by Gasteiger charge is -2.16. The SMILES string of the molecule is N#CC1=C(NCC(=O)O)C(=O)N(Cc2ccccc2)C1. The molecular weight excluding hydrogens is 258 g/mol. The molecule has 0 aromatic heterocycles. The Hall–Kier alpha value is -2.81. The number of nitriles is 1. The predicted molar refractivity (Wildman–Crippen MR) is 70.1 cm³/mol. The Morgan fingerprint density at radius 3 is 2.70 bits per heavy atom. The van der Waals surface area contributed by atoms with E-state index in [0.29, 0.717) is 6.54 Å². The molecule has 1 aliphatic rings. The maximum absolute atomic E-state index is 12.2. The van der Waals surface area contributed by atoms with Gasteiger partial charge in [-0.15, -0.1) is 0 Å². The lowest BCUT2D eigenvalue weighted by atomic mass is 10.2. The number of carbonyl (C=O) groups excluding carboxylic acids is 1. The monoisotopic (exact) mass is 271 g/mol. The second-order valence-electron chi connectivity index (χ2n) is 4.36. The van der Waals surface area contributed by atoms with E-state index in [9.17, 15) is 9.59 Å². The molecule has 0 bridgehead atoms. The standard InChI is InChI=1S/C14H13N3O3/c15-6-11-9-17(8-10-4-2-1-3-5-10)14(20)13(11)16-7-12(18)19/h1-5,16H,7-9H2,(H,18,19). The van der Waals surface area contributed by atoms with E-state index in [2.05, 4.69) is 5.32 Å². The first-order valence-electron chi connectivity index (χ1n) is 6.04. The molecule has 1 amide bonds. The average molecular weight is 271 g/mol. The van der Waals surface area contributed by atoms with Crippen molar-refractivity contribution in [2.45, 2.75) is 6.54 Å². The summed E-state index contributed by atoms with van der Waals surface area (Å²) in [4.78, 5) is 24.2. The molecule has 1 aliphatic heterocycles. The van der Waals surface area contributed by atoms with Crippen LogP contribution >= 0.6 is 0 Å². The summed E-state index contributed by atoms with van der Waals surface area (Å²) < 4.78 is 0. The van der Waals surface area contributed by atoms with Gasteiger partial charge in [-0.05, 0) is 5.56 Å². The van der Waals surface area contributed by atoms with Crippen molar-refractivity contribution >= 4 is 11.9 Å². The van der Waals surface area contributed by atoms with Gasteiger partial charge in [0.25, 0.3) is 5.91 Å². The minimum Gasteiger partial charge on any atom is -0.480 e. The molecule has 0 unspecified atom stereocenters. The van der Waals surface area contributed by atoms with Crippen LogP contribution in [0.15, 0.2) is 41.6 Å². The fourth-order valence-electron chi connectivity index (χ4n) is 2.00. The molecule has 2 N–H and O–H groups in total. The van der Waals surface area contributed by atoms with E-state index in [-0.39, 0.29) is 30.3 Å². The molecule has 0 fully saturated rings. The van der Waals surface area contributed by atoms with Crippen LogP contribution < -0.4 is 5.32 Å². The molecule has 0 saturated heterocycles. The van der Waals surface area contributed by atoms with Crippen LogP contribution in [0.4, 0.5) is 0 Å². The van der Waals surface area contributed by atoms with Crippen molar-refractivity contribution in [1.29, 1.82) is 5.26 Å². The van der Waals surface area contributed by atoms with Crippen molar-refractivity contribution in [3.8, 4) is 6.07 Å². The Morgan fingerprint density at radius 2 is 2.10 bits per heavy atom. The van der Waals surface area contributed by atoms with Crippen molar-refractivity contribution in [2.24, 2.45) is 0 Å². The summed E-state index contributed by atoms with van der Waals surface area (Å²) in [6.07, 6.45) is 0. The van der Waals surface area contributed by atoms with E-state index in [1.807, 2.05) is 36.4 Å². The quantitative estimate of drug-likeness (QED) is 0.812. The molecule has 1 aromatic carbocycles. The minimum absolute atomic E-state index is 0.0887. The summed E-state index contributed by atoms with van der Waals surface area (Å²) in [6, 6.07) is 11.4. The predicted octanol–water partition coefficient (Wildman–Crippen LogP) is 0.481. The van der Waals surface area contributed by atoms with Gasteiger partial charge in [-0.25, -0.2) is 0 Å². The summed E-state index contributed by atoms with van der Waals surface area (Å²) in [7, 11) is 0. The van der Waals surface area contributed by atoms with Crippen molar-refractivity contribution in [2.75, 3.05) is 13.1 Å². The highest BCUT2D eigenvalue weighted by Gasteiger charge is 2.30. The Bertz CT molecular complexity index is 602. The van der Waals surface area contributed by atoms with Gasteiger partial charge in [0.2, 0.25) is 0 Å². The largest absolute Gasteiger partial charge is 0.480 e. The summed E-state index contributed by atoms with van der Waals surface area (Å²) >= 11 is 0. The number of carboxylic acids is 1. The lowest BCUT2D eigenvalue weighted by Crippen LogP contribution is -2.32. The van der Waals surface area contributed by atoms with Crippen molar-refractivity contribution in [3.63, 3.8) is 0 Å². The smallest absolute Gasteiger partial charge is 0.322 e. The zero-order chi connectivity index (χ0) is 14.5. The average Bonchev–Trinajstić information content (AvgIpc) is 2.74. The highest BCUT2D eigenvalue weighted by atomic mass is 16.4. The molecule has 0 radical (unpaired) electrons. The summed E-state index contributed by atoms with van der Waals surface area (Å²) in [5, 5.41) is 20.2. The van der Waals surface area contributed by atoms with Gasteiger partial charge < -0.3 is 15.3 Å². The number of hydrogen-bond acceptors (Lipinski definition) is 4. The maximum atomic E-state index is 12.2. The molecule has 6 nitrogen and oxygen atoms in total. The molecule has 2 rings (SSSR count). The number of carboxylic acid groups (broad SMARTS) is 1. The van der Waals surface area contributed by atoms with Gasteiger partial charge in [-0.2, -0.15) is 5.26 Å². The van der Waals surface area contributed by atoms with Crippen molar-refractivity contribution < 1.29 is 14.7 Å². The summed E-state index contributed by atoms with van der Waals surface area (Å²) in [5.41, 5.74) is 1.32. The van der Waals surface area contributed by atoms with E-state index in [1.54, 1.807) is 0 Å². The Kier molecular flexibility index (Phi) is 4.01. The van der Waals surface area contributed by atoms with Crippen LogP contribution in [0, 0.1) is 11.3 Å². The second-order valence-corrected chi connectivity index (χ2v) is 4.36. The fraction of sp³-hybridized carbons (Fsp3) is 0.214. The number of amides is 1. The third-order valence-electron chi connectivity index (χ3n) is 2.92. The molecule has 1 aromatic rings. The van der Waals surface area contributed by atoms with Crippen LogP contribution in [-0.2, 0) is 16.1 Å². The molecule has 102 valence electrons. The van der Waals surface area contributed by atoms with Crippen LogP contribution in [0.2, 0.25) is 0 Å².